The fourth-order valence-corrected chi connectivity index (χ4v) is 2.59. The first-order chi connectivity index (χ1) is 7.44. The molecule has 2 saturated heterocycles. The van der Waals surface area contributed by atoms with E-state index in [2.05, 4.69) is 37.9 Å². The summed E-state index contributed by atoms with van der Waals surface area (Å²) in [4.78, 5) is 2.59. The summed E-state index contributed by atoms with van der Waals surface area (Å²) in [5.41, 5.74) is 0.222. The molecule has 0 aromatic heterocycles. The Hall–Kier alpha value is -0.120. The highest BCUT2D eigenvalue weighted by molar-refractivity contribution is 4.88. The maximum absolute atomic E-state index is 5.86. The van der Waals surface area contributed by atoms with E-state index in [1.54, 1.807) is 0 Å². The number of hydrogen-bond acceptors (Lipinski definition) is 3. The molecule has 3 atom stereocenters. The van der Waals surface area contributed by atoms with Crippen LogP contribution in [0.3, 0.4) is 0 Å². The largest absolute Gasteiger partial charge is 0.372 e. The average molecular weight is 226 g/mol. The quantitative estimate of drug-likeness (QED) is 0.791. The van der Waals surface area contributed by atoms with Crippen molar-refractivity contribution in [1.82, 2.24) is 10.2 Å². The van der Waals surface area contributed by atoms with Gasteiger partial charge in [-0.3, -0.25) is 4.90 Å². The first-order valence-electron chi connectivity index (χ1n) is 6.58. The molecule has 2 rings (SSSR count). The minimum absolute atomic E-state index is 0.222. The standard InChI is InChI=1S/C13H26N2O/c1-10(7-14-13(2,3)4)15-8-11-5-6-12(9-15)16-11/h10-12,14H,5-9H2,1-4H3. The summed E-state index contributed by atoms with van der Waals surface area (Å²) in [5.74, 6) is 0. The van der Waals surface area contributed by atoms with Crippen molar-refractivity contribution >= 4 is 0 Å². The highest BCUT2D eigenvalue weighted by atomic mass is 16.5. The molecule has 1 N–H and O–H groups in total. The van der Waals surface area contributed by atoms with Crippen molar-refractivity contribution < 1.29 is 4.74 Å². The molecule has 3 unspecified atom stereocenters. The number of likely N-dealkylation sites (tertiary alicyclic amines) is 1. The maximum atomic E-state index is 5.86. The predicted molar refractivity (Wildman–Crippen MR) is 66.7 cm³/mol. The summed E-state index contributed by atoms with van der Waals surface area (Å²) < 4.78 is 5.86. The van der Waals surface area contributed by atoms with E-state index in [1.165, 1.54) is 12.8 Å². The van der Waals surface area contributed by atoms with Gasteiger partial charge in [0.15, 0.2) is 0 Å². The van der Waals surface area contributed by atoms with E-state index < -0.39 is 0 Å². The normalized spacial score (nSPS) is 33.0. The highest BCUT2D eigenvalue weighted by Gasteiger charge is 2.35. The van der Waals surface area contributed by atoms with Gasteiger partial charge in [0.25, 0.3) is 0 Å². The average Bonchev–Trinajstić information content (AvgIpc) is 2.53. The summed E-state index contributed by atoms with van der Waals surface area (Å²) in [7, 11) is 0. The van der Waals surface area contributed by atoms with Crippen LogP contribution in [-0.4, -0.2) is 48.3 Å². The molecule has 0 amide bonds. The van der Waals surface area contributed by atoms with Crippen LogP contribution in [0.4, 0.5) is 0 Å². The Balaban J connectivity index is 1.79. The summed E-state index contributed by atoms with van der Waals surface area (Å²) in [6.45, 7) is 12.3. The van der Waals surface area contributed by atoms with Gasteiger partial charge in [-0.05, 0) is 40.5 Å². The van der Waals surface area contributed by atoms with E-state index in [4.69, 9.17) is 4.74 Å². The minimum atomic E-state index is 0.222. The smallest absolute Gasteiger partial charge is 0.0707 e. The second kappa shape index (κ2) is 4.63. The van der Waals surface area contributed by atoms with Crippen molar-refractivity contribution in [3.8, 4) is 0 Å². The Morgan fingerprint density at radius 1 is 1.25 bits per heavy atom. The summed E-state index contributed by atoms with van der Waals surface area (Å²) >= 11 is 0. The lowest BCUT2D eigenvalue weighted by atomic mass is 10.1. The molecule has 16 heavy (non-hydrogen) atoms. The van der Waals surface area contributed by atoms with Crippen LogP contribution in [0.25, 0.3) is 0 Å². The molecular formula is C13H26N2O. The van der Waals surface area contributed by atoms with Crippen LogP contribution >= 0.6 is 0 Å². The first-order valence-corrected chi connectivity index (χ1v) is 6.58. The van der Waals surface area contributed by atoms with Gasteiger partial charge in [0.05, 0.1) is 12.2 Å². The highest BCUT2D eigenvalue weighted by Crippen LogP contribution is 2.27. The van der Waals surface area contributed by atoms with Crippen molar-refractivity contribution in [3.63, 3.8) is 0 Å². The molecule has 0 saturated carbocycles. The molecule has 3 nitrogen and oxygen atoms in total. The van der Waals surface area contributed by atoms with Gasteiger partial charge >= 0.3 is 0 Å². The number of nitrogens with one attached hydrogen (secondary N) is 1. The van der Waals surface area contributed by atoms with Gasteiger partial charge in [0, 0.05) is 31.2 Å². The van der Waals surface area contributed by atoms with Crippen LogP contribution in [0.5, 0.6) is 0 Å². The van der Waals surface area contributed by atoms with Gasteiger partial charge in [-0.1, -0.05) is 0 Å². The lowest BCUT2D eigenvalue weighted by Gasteiger charge is -2.37. The molecule has 94 valence electrons. The van der Waals surface area contributed by atoms with Crippen molar-refractivity contribution in [3.05, 3.63) is 0 Å². The Labute approximate surface area is 99.5 Å². The van der Waals surface area contributed by atoms with Gasteiger partial charge in [0.1, 0.15) is 0 Å². The summed E-state index contributed by atoms with van der Waals surface area (Å²) in [6, 6.07) is 0.617. The fourth-order valence-electron chi connectivity index (χ4n) is 2.59. The third-order valence-electron chi connectivity index (χ3n) is 3.62. The molecule has 2 aliphatic rings. The van der Waals surface area contributed by atoms with Crippen molar-refractivity contribution in [2.45, 2.75) is 64.3 Å². The number of morpholine rings is 1. The Morgan fingerprint density at radius 2 is 1.81 bits per heavy atom. The number of ether oxygens (including phenoxy) is 1. The molecule has 2 heterocycles. The molecule has 0 radical (unpaired) electrons. The summed E-state index contributed by atoms with van der Waals surface area (Å²) in [5, 5.41) is 3.59. The Morgan fingerprint density at radius 3 is 2.31 bits per heavy atom. The number of rotatable bonds is 3. The molecule has 0 aromatic carbocycles. The molecule has 2 bridgehead atoms. The van der Waals surface area contributed by atoms with Gasteiger partial charge in [-0.25, -0.2) is 0 Å². The van der Waals surface area contributed by atoms with Crippen LogP contribution in [0.2, 0.25) is 0 Å². The summed E-state index contributed by atoms with van der Waals surface area (Å²) in [6.07, 6.45) is 3.55. The Bertz CT molecular complexity index is 225. The third-order valence-corrected chi connectivity index (χ3v) is 3.62. The van der Waals surface area contributed by atoms with Crippen LogP contribution in [-0.2, 0) is 4.74 Å². The van der Waals surface area contributed by atoms with E-state index >= 15 is 0 Å². The fraction of sp³-hybridized carbons (Fsp3) is 1.00. The maximum Gasteiger partial charge on any atom is 0.0707 e. The van der Waals surface area contributed by atoms with Gasteiger partial charge < -0.3 is 10.1 Å². The van der Waals surface area contributed by atoms with E-state index in [1.807, 2.05) is 0 Å². The molecule has 3 heteroatoms. The second-order valence-corrected chi connectivity index (χ2v) is 6.39. The van der Waals surface area contributed by atoms with Gasteiger partial charge in [0.2, 0.25) is 0 Å². The number of fused-ring (bicyclic) bond motifs is 2. The zero-order valence-corrected chi connectivity index (χ0v) is 11.1. The molecule has 0 aromatic rings. The zero-order valence-electron chi connectivity index (χ0n) is 11.1. The lowest BCUT2D eigenvalue weighted by Crippen LogP contribution is -2.52. The second-order valence-electron chi connectivity index (χ2n) is 6.39. The van der Waals surface area contributed by atoms with Gasteiger partial charge in [-0.15, -0.1) is 0 Å². The van der Waals surface area contributed by atoms with Crippen LogP contribution in [0.15, 0.2) is 0 Å². The molecule has 2 fully saturated rings. The minimum Gasteiger partial charge on any atom is -0.372 e. The van der Waals surface area contributed by atoms with E-state index in [9.17, 15) is 0 Å². The molecular weight excluding hydrogens is 200 g/mol. The first kappa shape index (κ1) is 12.3. The topological polar surface area (TPSA) is 24.5 Å². The van der Waals surface area contributed by atoms with Gasteiger partial charge in [-0.2, -0.15) is 0 Å². The van der Waals surface area contributed by atoms with E-state index in [0.717, 1.165) is 19.6 Å². The molecule has 0 spiro atoms. The van der Waals surface area contributed by atoms with Crippen molar-refractivity contribution in [1.29, 1.82) is 0 Å². The number of nitrogens with zero attached hydrogens (tertiary/aromatic N) is 1. The van der Waals surface area contributed by atoms with Crippen LogP contribution in [0.1, 0.15) is 40.5 Å². The van der Waals surface area contributed by atoms with Crippen LogP contribution in [0, 0.1) is 0 Å². The zero-order chi connectivity index (χ0) is 11.8. The van der Waals surface area contributed by atoms with Crippen molar-refractivity contribution in [2.75, 3.05) is 19.6 Å². The predicted octanol–water partition coefficient (Wildman–Crippen LogP) is 1.63. The monoisotopic (exact) mass is 226 g/mol. The van der Waals surface area contributed by atoms with Crippen LogP contribution < -0.4 is 5.32 Å². The Kier molecular flexibility index (Phi) is 3.57. The lowest BCUT2D eigenvalue weighted by molar-refractivity contribution is -0.0505. The van der Waals surface area contributed by atoms with E-state index in [-0.39, 0.29) is 5.54 Å². The van der Waals surface area contributed by atoms with E-state index in [0.29, 0.717) is 18.2 Å². The molecule has 0 aliphatic carbocycles. The number of hydrogen-bond donors (Lipinski definition) is 1. The third kappa shape index (κ3) is 3.19. The molecule has 2 aliphatic heterocycles. The SMILES string of the molecule is CC(CNC(C)(C)C)N1CC2CCC(C1)O2. The van der Waals surface area contributed by atoms with Crippen molar-refractivity contribution in [2.24, 2.45) is 0 Å².